The molecule has 0 bridgehead atoms. The molecule has 0 amide bonds. The summed E-state index contributed by atoms with van der Waals surface area (Å²) in [5.41, 5.74) is 0. The van der Waals surface area contributed by atoms with E-state index in [2.05, 4.69) is 15.3 Å². The van der Waals surface area contributed by atoms with Gasteiger partial charge in [-0.1, -0.05) is 11.6 Å². The zero-order valence-corrected chi connectivity index (χ0v) is 11.4. The number of aliphatic hydroxyl groups excluding tert-OH is 3. The Hall–Kier alpha value is -1.03. The van der Waals surface area contributed by atoms with Crippen molar-refractivity contribution in [3.8, 4) is 0 Å². The van der Waals surface area contributed by atoms with Crippen LogP contribution in [0.25, 0.3) is 0 Å². The number of halogens is 1. The minimum absolute atomic E-state index is 0.258. The maximum atomic E-state index is 10.1. The monoisotopic (exact) mass is 305 g/mol. The highest BCUT2D eigenvalue weighted by Gasteiger charge is 2.44. The third-order valence-electron chi connectivity index (χ3n) is 3.08. The predicted molar refractivity (Wildman–Crippen MR) is 69.2 cm³/mol. The number of anilines is 1. The zero-order valence-electron chi connectivity index (χ0n) is 10.7. The minimum atomic E-state index is -1.26. The molecule has 2 heterocycles. The van der Waals surface area contributed by atoms with Crippen molar-refractivity contribution < 1.29 is 24.8 Å². The van der Waals surface area contributed by atoms with Crippen molar-refractivity contribution in [2.45, 2.75) is 30.6 Å². The van der Waals surface area contributed by atoms with E-state index >= 15 is 0 Å². The Morgan fingerprint density at radius 1 is 1.45 bits per heavy atom. The molecule has 9 heteroatoms. The van der Waals surface area contributed by atoms with Crippen LogP contribution in [-0.4, -0.2) is 69.6 Å². The number of ether oxygens (including phenoxy) is 2. The molecule has 1 aromatic rings. The van der Waals surface area contributed by atoms with Gasteiger partial charge in [0.2, 0.25) is 0 Å². The molecule has 0 radical (unpaired) electrons. The van der Waals surface area contributed by atoms with Crippen molar-refractivity contribution in [2.24, 2.45) is 0 Å². The molecule has 0 aliphatic carbocycles. The van der Waals surface area contributed by atoms with E-state index in [-0.39, 0.29) is 10.8 Å². The Balaban J connectivity index is 2.18. The quantitative estimate of drug-likeness (QED) is 0.559. The highest BCUT2D eigenvalue weighted by atomic mass is 35.5. The molecule has 1 aromatic heterocycles. The van der Waals surface area contributed by atoms with Gasteiger partial charge >= 0.3 is 0 Å². The van der Waals surface area contributed by atoms with Crippen LogP contribution in [0.5, 0.6) is 0 Å². The summed E-state index contributed by atoms with van der Waals surface area (Å²) >= 11 is 5.92. The van der Waals surface area contributed by atoms with E-state index in [9.17, 15) is 10.2 Å². The molecule has 0 spiro atoms. The number of nitrogens with one attached hydrogen (secondary N) is 1. The lowest BCUT2D eigenvalue weighted by Gasteiger charge is -2.42. The first-order valence-electron chi connectivity index (χ1n) is 5.95. The highest BCUT2D eigenvalue weighted by Crippen LogP contribution is 2.26. The van der Waals surface area contributed by atoms with Gasteiger partial charge in [0.05, 0.1) is 12.8 Å². The van der Waals surface area contributed by atoms with Crippen LogP contribution in [0.1, 0.15) is 0 Å². The molecule has 1 fully saturated rings. The average Bonchev–Trinajstić information content (AvgIpc) is 2.46. The number of aliphatic hydroxyl groups is 3. The zero-order chi connectivity index (χ0) is 14.7. The first-order valence-corrected chi connectivity index (χ1v) is 6.33. The van der Waals surface area contributed by atoms with Gasteiger partial charge in [-0.3, -0.25) is 0 Å². The van der Waals surface area contributed by atoms with Crippen molar-refractivity contribution >= 4 is 17.4 Å². The molecular formula is C11H16ClN3O5. The highest BCUT2D eigenvalue weighted by molar-refractivity contribution is 6.32. The van der Waals surface area contributed by atoms with Gasteiger partial charge in [-0.15, -0.1) is 0 Å². The average molecular weight is 306 g/mol. The van der Waals surface area contributed by atoms with Gasteiger partial charge in [0.1, 0.15) is 41.5 Å². The third kappa shape index (κ3) is 3.00. The number of hydrogen-bond donors (Lipinski definition) is 4. The van der Waals surface area contributed by atoms with E-state index < -0.39 is 37.3 Å². The molecule has 112 valence electrons. The van der Waals surface area contributed by atoms with Crippen molar-refractivity contribution in [1.29, 1.82) is 0 Å². The number of aromatic nitrogens is 2. The molecular weight excluding hydrogens is 290 g/mol. The van der Waals surface area contributed by atoms with Gasteiger partial charge in [-0.25, -0.2) is 9.97 Å². The summed E-state index contributed by atoms with van der Waals surface area (Å²) in [6, 6.07) is -0.801. The van der Waals surface area contributed by atoms with Crippen LogP contribution in [0.4, 0.5) is 5.82 Å². The van der Waals surface area contributed by atoms with Gasteiger partial charge in [0.15, 0.2) is 6.29 Å². The largest absolute Gasteiger partial charge is 0.394 e. The van der Waals surface area contributed by atoms with Crippen molar-refractivity contribution in [3.63, 3.8) is 0 Å². The van der Waals surface area contributed by atoms with Crippen molar-refractivity contribution in [2.75, 3.05) is 19.0 Å². The maximum absolute atomic E-state index is 10.1. The summed E-state index contributed by atoms with van der Waals surface area (Å²) in [6.45, 7) is -0.431. The summed E-state index contributed by atoms with van der Waals surface area (Å²) < 4.78 is 10.5. The second-order valence-electron chi connectivity index (χ2n) is 4.33. The Bertz CT molecular complexity index is 450. The topological polar surface area (TPSA) is 117 Å². The molecule has 4 N–H and O–H groups in total. The van der Waals surface area contributed by atoms with Crippen LogP contribution in [-0.2, 0) is 9.47 Å². The van der Waals surface area contributed by atoms with E-state index in [0.717, 1.165) is 0 Å². The predicted octanol–water partition coefficient (Wildman–Crippen LogP) is -1.00. The lowest BCUT2D eigenvalue weighted by Crippen LogP contribution is -2.61. The lowest BCUT2D eigenvalue weighted by atomic mass is 9.97. The van der Waals surface area contributed by atoms with E-state index in [1.165, 1.54) is 19.6 Å². The van der Waals surface area contributed by atoms with Crippen LogP contribution >= 0.6 is 11.6 Å². The molecule has 1 aliphatic heterocycles. The summed E-state index contributed by atoms with van der Waals surface area (Å²) in [5, 5.41) is 32.2. The lowest BCUT2D eigenvalue weighted by molar-refractivity contribution is -0.254. The SMILES string of the molecule is CO[C@H]1O[C@H](CO)[C@H](O)[C@H](O)[C@H]1Nc1ncncc1Cl. The first kappa shape index (κ1) is 15.4. The van der Waals surface area contributed by atoms with Gasteiger partial charge < -0.3 is 30.1 Å². The molecule has 20 heavy (non-hydrogen) atoms. The second-order valence-corrected chi connectivity index (χ2v) is 4.74. The molecule has 5 atom stereocenters. The van der Waals surface area contributed by atoms with Gasteiger partial charge in [0.25, 0.3) is 0 Å². The van der Waals surface area contributed by atoms with Crippen molar-refractivity contribution in [1.82, 2.24) is 9.97 Å². The van der Waals surface area contributed by atoms with E-state index in [4.69, 9.17) is 26.2 Å². The maximum Gasteiger partial charge on any atom is 0.180 e. The van der Waals surface area contributed by atoms with Gasteiger partial charge in [-0.2, -0.15) is 0 Å². The van der Waals surface area contributed by atoms with Gasteiger partial charge in [0, 0.05) is 7.11 Å². The minimum Gasteiger partial charge on any atom is -0.394 e. The summed E-state index contributed by atoms with van der Waals surface area (Å²) in [7, 11) is 1.39. The van der Waals surface area contributed by atoms with E-state index in [0.29, 0.717) is 0 Å². The Labute approximate surface area is 120 Å². The van der Waals surface area contributed by atoms with Crippen LogP contribution in [0, 0.1) is 0 Å². The normalized spacial score (nSPS) is 34.0. The second kappa shape index (κ2) is 6.61. The van der Waals surface area contributed by atoms with Crippen LogP contribution in [0.15, 0.2) is 12.5 Å². The number of rotatable bonds is 4. The number of hydrogen-bond acceptors (Lipinski definition) is 8. The van der Waals surface area contributed by atoms with Gasteiger partial charge in [-0.05, 0) is 0 Å². The molecule has 0 unspecified atom stereocenters. The fourth-order valence-corrected chi connectivity index (χ4v) is 2.17. The molecule has 2 rings (SSSR count). The number of nitrogens with zero attached hydrogens (tertiary/aromatic N) is 2. The third-order valence-corrected chi connectivity index (χ3v) is 3.36. The van der Waals surface area contributed by atoms with Crippen LogP contribution in [0.3, 0.4) is 0 Å². The first-order chi connectivity index (χ1) is 9.58. The molecule has 0 saturated carbocycles. The summed E-state index contributed by atoms with van der Waals surface area (Å²) in [6.07, 6.45) is -1.60. The smallest absolute Gasteiger partial charge is 0.180 e. The molecule has 1 aliphatic rings. The Morgan fingerprint density at radius 2 is 2.20 bits per heavy atom. The van der Waals surface area contributed by atoms with E-state index in [1.54, 1.807) is 0 Å². The number of methoxy groups -OCH3 is 1. The summed E-state index contributed by atoms with van der Waals surface area (Å²) in [4.78, 5) is 7.68. The van der Waals surface area contributed by atoms with Crippen LogP contribution in [0.2, 0.25) is 5.02 Å². The Morgan fingerprint density at radius 3 is 2.80 bits per heavy atom. The van der Waals surface area contributed by atoms with Crippen LogP contribution < -0.4 is 5.32 Å². The molecule has 8 nitrogen and oxygen atoms in total. The van der Waals surface area contributed by atoms with E-state index in [1.807, 2.05) is 0 Å². The molecule has 1 saturated heterocycles. The molecule has 0 aromatic carbocycles. The van der Waals surface area contributed by atoms with Crippen molar-refractivity contribution in [3.05, 3.63) is 17.5 Å². The fourth-order valence-electron chi connectivity index (χ4n) is 2.01. The Kier molecular flexibility index (Phi) is 5.08. The standard InChI is InChI=1S/C11H16ClN3O5/c1-19-11-7(9(18)8(17)6(3-16)20-11)15-10-5(12)2-13-4-14-10/h2,4,6-9,11,16-18H,3H2,1H3,(H,13,14,15)/t6-,7-,8+,9-,11+/m1/s1. The summed E-state index contributed by atoms with van der Waals surface area (Å²) in [5.74, 6) is 0.283. The fraction of sp³-hybridized carbons (Fsp3) is 0.636.